The first-order valence-electron chi connectivity index (χ1n) is 14.7. The zero-order chi connectivity index (χ0) is 32.7. The van der Waals surface area contributed by atoms with Crippen LogP contribution in [0.25, 0.3) is 10.9 Å². The van der Waals surface area contributed by atoms with Crippen molar-refractivity contribution in [2.45, 2.75) is 18.9 Å². The number of benzene rings is 3. The van der Waals surface area contributed by atoms with Crippen molar-refractivity contribution >= 4 is 34.1 Å². The van der Waals surface area contributed by atoms with Crippen molar-refractivity contribution in [3.8, 4) is 28.7 Å². The van der Waals surface area contributed by atoms with Gasteiger partial charge in [-0.1, -0.05) is 0 Å². The van der Waals surface area contributed by atoms with E-state index in [1.165, 1.54) is 48.6 Å². The van der Waals surface area contributed by atoms with Crippen molar-refractivity contribution in [2.24, 2.45) is 0 Å². The van der Waals surface area contributed by atoms with Gasteiger partial charge < -0.3 is 39.0 Å². The first-order chi connectivity index (χ1) is 22.8. The Morgan fingerprint density at radius 2 is 1.79 bits per heavy atom. The molecule has 14 heteroatoms. The molecule has 7 rings (SSSR count). The van der Waals surface area contributed by atoms with Crippen LogP contribution in [-0.4, -0.2) is 72.7 Å². The molecule has 3 aliphatic heterocycles. The van der Waals surface area contributed by atoms with Crippen LogP contribution in [0.3, 0.4) is 0 Å². The van der Waals surface area contributed by atoms with Gasteiger partial charge in [0.25, 0.3) is 11.8 Å². The smallest absolute Gasteiger partial charge is 0.268 e. The first-order valence-corrected chi connectivity index (χ1v) is 14.7. The molecule has 0 spiro atoms. The van der Waals surface area contributed by atoms with E-state index in [0.29, 0.717) is 48.0 Å². The lowest BCUT2D eigenvalue weighted by atomic mass is 10.1. The lowest BCUT2D eigenvalue weighted by molar-refractivity contribution is -0.124. The van der Waals surface area contributed by atoms with Gasteiger partial charge in [0.1, 0.15) is 36.5 Å². The number of aromatic nitrogens is 1. The number of hydrogen-bond donors (Lipinski definition) is 2. The van der Waals surface area contributed by atoms with Crippen molar-refractivity contribution in [1.29, 1.82) is 0 Å². The summed E-state index contributed by atoms with van der Waals surface area (Å²) in [5, 5.41) is 13.6. The zero-order valence-corrected chi connectivity index (χ0v) is 24.9. The molecule has 3 aliphatic rings. The molecule has 4 heterocycles. The van der Waals surface area contributed by atoms with E-state index in [1.54, 1.807) is 12.1 Å². The largest absolute Gasteiger partial charge is 0.485 e. The summed E-state index contributed by atoms with van der Waals surface area (Å²) in [5.41, 5.74) is 0.375. The number of nitrogens with zero attached hydrogens (tertiary/aromatic N) is 3. The van der Waals surface area contributed by atoms with E-state index in [9.17, 15) is 19.1 Å². The van der Waals surface area contributed by atoms with E-state index >= 15 is 4.39 Å². The van der Waals surface area contributed by atoms with E-state index in [2.05, 4.69) is 10.3 Å². The summed E-state index contributed by atoms with van der Waals surface area (Å²) in [6, 6.07) is 11.9. The molecular weight excluding hydrogens is 618 g/mol. The molecule has 1 fully saturated rings. The minimum Gasteiger partial charge on any atom is -0.485 e. The Bertz CT molecular complexity index is 1900. The maximum absolute atomic E-state index is 15.4. The first kappa shape index (κ1) is 30.2. The number of aliphatic hydroxyl groups is 1. The summed E-state index contributed by atoms with van der Waals surface area (Å²) in [7, 11) is 1.46. The van der Waals surface area contributed by atoms with Crippen molar-refractivity contribution in [3.63, 3.8) is 0 Å². The van der Waals surface area contributed by atoms with E-state index < -0.39 is 29.8 Å². The Kier molecular flexibility index (Phi) is 7.95. The van der Waals surface area contributed by atoms with Gasteiger partial charge in [-0.15, -0.1) is 0 Å². The van der Waals surface area contributed by atoms with Gasteiger partial charge >= 0.3 is 0 Å². The molecule has 2 N–H and O–H groups in total. The molecule has 1 saturated heterocycles. The van der Waals surface area contributed by atoms with E-state index in [4.69, 9.17) is 23.7 Å². The molecule has 0 saturated carbocycles. The number of amides is 2. The van der Waals surface area contributed by atoms with Crippen molar-refractivity contribution in [3.05, 3.63) is 84.2 Å². The molecule has 0 aliphatic carbocycles. The minimum atomic E-state index is -1.44. The topological polar surface area (TPSA) is 132 Å². The van der Waals surface area contributed by atoms with Crippen LogP contribution in [0, 0.1) is 11.6 Å². The minimum absolute atomic E-state index is 0.0436. The third-order valence-electron chi connectivity index (χ3n) is 7.76. The number of rotatable bonds is 7. The number of nitrogens with one attached hydrogen (secondary N) is 1. The summed E-state index contributed by atoms with van der Waals surface area (Å²) in [5.74, 6) is -1.68. The summed E-state index contributed by atoms with van der Waals surface area (Å²) >= 11 is 0. The molecule has 242 valence electrons. The summed E-state index contributed by atoms with van der Waals surface area (Å²) < 4.78 is 58.3. The zero-order valence-electron chi connectivity index (χ0n) is 24.9. The van der Waals surface area contributed by atoms with Crippen LogP contribution in [0.2, 0.25) is 0 Å². The highest BCUT2D eigenvalue weighted by Gasteiger charge is 2.36. The molecular formula is C33H28F2N4O8. The fourth-order valence-electron chi connectivity index (χ4n) is 5.46. The fraction of sp³-hybridized carbons (Fsp3) is 0.242. The van der Waals surface area contributed by atoms with E-state index in [-0.39, 0.29) is 41.2 Å². The predicted octanol–water partition coefficient (Wildman–Crippen LogP) is 4.32. The monoisotopic (exact) mass is 646 g/mol. The van der Waals surface area contributed by atoms with Gasteiger partial charge in [-0.25, -0.2) is 8.78 Å². The molecule has 2 amide bonds. The van der Waals surface area contributed by atoms with Gasteiger partial charge in [0, 0.05) is 49.4 Å². The Balaban J connectivity index is 1.12. The van der Waals surface area contributed by atoms with E-state index in [0.717, 1.165) is 29.5 Å². The summed E-state index contributed by atoms with van der Waals surface area (Å²) in [4.78, 5) is 33.0. The number of pyridine rings is 1. The Morgan fingerprint density at radius 1 is 1.00 bits per heavy atom. The molecule has 1 aromatic heterocycles. The van der Waals surface area contributed by atoms with Gasteiger partial charge in [-0.2, -0.15) is 0 Å². The van der Waals surface area contributed by atoms with Crippen LogP contribution >= 0.6 is 0 Å². The van der Waals surface area contributed by atoms with Crippen LogP contribution in [-0.2, 0) is 14.3 Å². The standard InChI is InChI=1S/C33H28F2N4O8/c1-38-16-22(32(41)39(33(38)42)20-5-2-18(34)3-6-20)31(40)37-19-4-7-25(23(35)14-19)47-26-8-10-36-24-15-27(46-21-9-11-43-17-21)29-30(28(24)26)45-13-12-44-29/h2-8,10,14-16,21,33,42H,9,11-13,17H2,1H3,(H,37,40). The van der Waals surface area contributed by atoms with Crippen molar-refractivity contribution in [2.75, 3.05) is 43.7 Å². The number of ether oxygens (including phenoxy) is 5. The molecule has 12 nitrogen and oxygen atoms in total. The molecule has 4 aromatic rings. The van der Waals surface area contributed by atoms with Crippen LogP contribution in [0.1, 0.15) is 6.42 Å². The maximum atomic E-state index is 15.4. The van der Waals surface area contributed by atoms with Crippen molar-refractivity contribution in [1.82, 2.24) is 9.88 Å². The number of anilines is 2. The number of carbonyl (C=O) groups is 2. The predicted molar refractivity (Wildman–Crippen MR) is 163 cm³/mol. The highest BCUT2D eigenvalue weighted by Crippen LogP contribution is 2.49. The summed E-state index contributed by atoms with van der Waals surface area (Å²) in [6.07, 6.45) is 1.85. The van der Waals surface area contributed by atoms with Crippen LogP contribution in [0.4, 0.5) is 20.2 Å². The molecule has 2 atom stereocenters. The number of fused-ring (bicyclic) bond motifs is 3. The molecule has 3 aromatic carbocycles. The number of aliphatic hydroxyl groups excluding tert-OH is 1. The van der Waals surface area contributed by atoms with Crippen LogP contribution < -0.4 is 29.2 Å². The lowest BCUT2D eigenvalue weighted by Crippen LogP contribution is -2.53. The Hall–Kier alpha value is -5.47. The molecule has 2 unspecified atom stereocenters. The second kappa shape index (κ2) is 12.4. The van der Waals surface area contributed by atoms with Gasteiger partial charge in [0.05, 0.1) is 24.1 Å². The normalized spacial score (nSPS) is 19.1. The van der Waals surface area contributed by atoms with Gasteiger partial charge in [0.2, 0.25) is 12.1 Å². The van der Waals surface area contributed by atoms with Gasteiger partial charge in [-0.05, 0) is 42.5 Å². The number of carbonyl (C=O) groups excluding carboxylic acids is 2. The SMILES string of the molecule is CN1C=C(C(=O)Nc2ccc(Oc3ccnc4cc(OC5CCOC5)c5c(c34)OCCO5)c(F)c2)C(=O)N(c2ccc(F)cc2)C1O. The molecule has 0 bridgehead atoms. The third kappa shape index (κ3) is 5.84. The average molecular weight is 647 g/mol. The highest BCUT2D eigenvalue weighted by atomic mass is 19.1. The quantitative estimate of drug-likeness (QED) is 0.280. The molecule has 0 radical (unpaired) electrons. The Labute approximate surface area is 266 Å². The second-order valence-electron chi connectivity index (χ2n) is 10.9. The summed E-state index contributed by atoms with van der Waals surface area (Å²) in [6.45, 7) is 1.67. The van der Waals surface area contributed by atoms with Crippen molar-refractivity contribution < 1.29 is 47.2 Å². The number of hydrogen-bond acceptors (Lipinski definition) is 10. The lowest BCUT2D eigenvalue weighted by Gasteiger charge is -2.37. The fourth-order valence-corrected chi connectivity index (χ4v) is 5.46. The van der Waals surface area contributed by atoms with Gasteiger partial charge in [-0.3, -0.25) is 19.5 Å². The Morgan fingerprint density at radius 3 is 2.53 bits per heavy atom. The maximum Gasteiger partial charge on any atom is 0.268 e. The van der Waals surface area contributed by atoms with Crippen LogP contribution in [0.15, 0.2) is 72.6 Å². The molecule has 47 heavy (non-hydrogen) atoms. The third-order valence-corrected chi connectivity index (χ3v) is 7.76. The highest BCUT2D eigenvalue weighted by molar-refractivity contribution is 6.27. The average Bonchev–Trinajstić information content (AvgIpc) is 3.58. The number of halogens is 2. The van der Waals surface area contributed by atoms with E-state index in [1.807, 2.05) is 0 Å². The van der Waals surface area contributed by atoms with Crippen LogP contribution in [0.5, 0.6) is 28.7 Å². The van der Waals surface area contributed by atoms with Gasteiger partial charge in [0.15, 0.2) is 23.1 Å². The second-order valence-corrected chi connectivity index (χ2v) is 10.9.